The third-order valence-electron chi connectivity index (χ3n) is 5.04. The lowest BCUT2D eigenvalue weighted by Gasteiger charge is -2.35. The van der Waals surface area contributed by atoms with Gasteiger partial charge >= 0.3 is 0 Å². The van der Waals surface area contributed by atoms with Crippen LogP contribution >= 0.6 is 11.6 Å². The van der Waals surface area contributed by atoms with Gasteiger partial charge in [0.1, 0.15) is 5.75 Å². The Labute approximate surface area is 146 Å². The normalized spacial score (nSPS) is 20.5. The molecule has 4 nitrogen and oxygen atoms in total. The van der Waals surface area contributed by atoms with Crippen LogP contribution in [-0.4, -0.2) is 29.4 Å². The minimum absolute atomic E-state index is 0.0259. The molecule has 0 bridgehead atoms. The number of fused-ring (bicyclic) bond motifs is 5. The van der Waals surface area contributed by atoms with Crippen molar-refractivity contribution in [2.24, 2.45) is 0 Å². The van der Waals surface area contributed by atoms with Gasteiger partial charge in [-0.3, -0.25) is 0 Å². The maximum atomic E-state index is 10.6. The van der Waals surface area contributed by atoms with E-state index >= 15 is 0 Å². The fraction of sp³-hybridized carbons (Fsp3) is 0.474. The first kappa shape index (κ1) is 15.7. The number of hydrogen-bond donors (Lipinski definition) is 1. The number of anilines is 1. The van der Waals surface area contributed by atoms with Gasteiger partial charge in [-0.2, -0.15) is 0 Å². The van der Waals surface area contributed by atoms with E-state index in [1.54, 1.807) is 0 Å². The van der Waals surface area contributed by atoms with Crippen LogP contribution in [0.25, 0.3) is 10.8 Å². The molecule has 5 heteroatoms. The van der Waals surface area contributed by atoms with E-state index < -0.39 is 0 Å². The summed E-state index contributed by atoms with van der Waals surface area (Å²) in [5.41, 5.74) is 2.13. The molecule has 2 aromatic rings. The maximum Gasteiger partial charge on any atom is 0.231 e. The number of aromatic hydroxyl groups is 1. The zero-order valence-corrected chi connectivity index (χ0v) is 15.1. The molecule has 4 rings (SSSR count). The van der Waals surface area contributed by atoms with Crippen LogP contribution in [0, 0.1) is 0 Å². The monoisotopic (exact) mass is 347 g/mol. The zero-order chi connectivity index (χ0) is 17.2. The van der Waals surface area contributed by atoms with Crippen LogP contribution in [0.3, 0.4) is 0 Å². The number of ether oxygens (including phenoxy) is 2. The summed E-state index contributed by atoms with van der Waals surface area (Å²) in [6.07, 6.45) is 0. The van der Waals surface area contributed by atoms with Crippen molar-refractivity contribution in [2.75, 3.05) is 18.2 Å². The first-order valence-electron chi connectivity index (χ1n) is 8.29. The van der Waals surface area contributed by atoms with Crippen LogP contribution in [0.4, 0.5) is 5.69 Å². The Hall–Kier alpha value is -1.81. The van der Waals surface area contributed by atoms with Gasteiger partial charge in [-0.1, -0.05) is 0 Å². The lowest BCUT2D eigenvalue weighted by molar-refractivity contribution is 0.175. The van der Waals surface area contributed by atoms with Crippen LogP contribution in [0.5, 0.6) is 17.2 Å². The van der Waals surface area contributed by atoms with Crippen molar-refractivity contribution < 1.29 is 14.6 Å². The van der Waals surface area contributed by atoms with E-state index in [9.17, 15) is 5.11 Å². The first-order chi connectivity index (χ1) is 11.3. The molecule has 0 spiro atoms. The summed E-state index contributed by atoms with van der Waals surface area (Å²) in [6.45, 7) is 9.59. The van der Waals surface area contributed by atoms with Crippen LogP contribution in [-0.2, 0) is 0 Å². The molecule has 0 aromatic heterocycles. The summed E-state index contributed by atoms with van der Waals surface area (Å²) in [4.78, 5) is 2.32. The molecule has 1 N–H and O–H groups in total. The second-order valence-electron chi connectivity index (χ2n) is 7.62. The van der Waals surface area contributed by atoms with Crippen LogP contribution in [0.2, 0.25) is 0 Å². The molecule has 2 aromatic carbocycles. The van der Waals surface area contributed by atoms with E-state index in [1.165, 1.54) is 0 Å². The molecule has 2 atom stereocenters. The van der Waals surface area contributed by atoms with Gasteiger partial charge in [0.2, 0.25) is 6.79 Å². The summed E-state index contributed by atoms with van der Waals surface area (Å²) in [5, 5.41) is 12.3. The van der Waals surface area contributed by atoms with Crippen molar-refractivity contribution >= 4 is 28.1 Å². The molecule has 2 aliphatic rings. The van der Waals surface area contributed by atoms with Gasteiger partial charge in [0.15, 0.2) is 11.5 Å². The highest BCUT2D eigenvalue weighted by molar-refractivity contribution is 6.21. The Balaban J connectivity index is 2.09. The maximum absolute atomic E-state index is 10.6. The van der Waals surface area contributed by atoms with Gasteiger partial charge in [-0.05, 0) is 45.4 Å². The SMILES string of the molecule is CC(Cl)C1CN(C(C)(C)C)c2cc(O)c3ccc4c(c3c21)OCO4. The summed E-state index contributed by atoms with van der Waals surface area (Å²) in [6, 6.07) is 5.62. The van der Waals surface area contributed by atoms with E-state index in [2.05, 4.69) is 25.7 Å². The highest BCUT2D eigenvalue weighted by Crippen LogP contribution is 2.53. The molecule has 0 saturated carbocycles. The van der Waals surface area contributed by atoms with Crippen LogP contribution in [0.15, 0.2) is 18.2 Å². The molecule has 2 heterocycles. The van der Waals surface area contributed by atoms with Crippen LogP contribution in [0.1, 0.15) is 39.2 Å². The zero-order valence-electron chi connectivity index (χ0n) is 14.4. The molecule has 24 heavy (non-hydrogen) atoms. The molecule has 128 valence electrons. The highest BCUT2D eigenvalue weighted by Gasteiger charge is 2.40. The lowest BCUT2D eigenvalue weighted by atomic mass is 9.91. The molecule has 0 fully saturated rings. The molecular weight excluding hydrogens is 326 g/mol. The minimum Gasteiger partial charge on any atom is -0.507 e. The van der Waals surface area contributed by atoms with Gasteiger partial charge in [-0.25, -0.2) is 0 Å². The number of benzene rings is 2. The van der Waals surface area contributed by atoms with E-state index in [1.807, 2.05) is 25.1 Å². The molecule has 2 unspecified atom stereocenters. The summed E-state index contributed by atoms with van der Waals surface area (Å²) in [7, 11) is 0. The third-order valence-corrected chi connectivity index (χ3v) is 5.34. The van der Waals surface area contributed by atoms with E-state index in [0.29, 0.717) is 0 Å². The quantitative estimate of drug-likeness (QED) is 0.765. The van der Waals surface area contributed by atoms with Crippen molar-refractivity contribution in [3.05, 3.63) is 23.8 Å². The number of phenols is 1. The van der Waals surface area contributed by atoms with E-state index in [-0.39, 0.29) is 29.4 Å². The largest absolute Gasteiger partial charge is 0.507 e. The molecule has 0 aliphatic carbocycles. The summed E-state index contributed by atoms with van der Waals surface area (Å²) >= 11 is 6.56. The van der Waals surface area contributed by atoms with Gasteiger partial charge < -0.3 is 19.5 Å². The summed E-state index contributed by atoms with van der Waals surface area (Å²) < 4.78 is 11.3. The predicted molar refractivity (Wildman–Crippen MR) is 96.9 cm³/mol. The molecule has 0 radical (unpaired) electrons. The Bertz CT molecular complexity index is 826. The number of nitrogens with zero attached hydrogens (tertiary/aromatic N) is 1. The van der Waals surface area contributed by atoms with Crippen molar-refractivity contribution in [3.8, 4) is 17.2 Å². The highest BCUT2D eigenvalue weighted by atomic mass is 35.5. The van der Waals surface area contributed by atoms with Crippen LogP contribution < -0.4 is 14.4 Å². The standard InChI is InChI=1S/C19H22ClNO3/c1-10(20)12-8-21(19(2,3)4)13-7-14(22)11-5-6-15-18(24-9-23-15)17(11)16(12)13/h5-7,10,12,22H,8-9H2,1-4H3. The minimum atomic E-state index is -0.0648. The third kappa shape index (κ3) is 2.12. The molecule has 0 saturated heterocycles. The fourth-order valence-corrected chi connectivity index (χ4v) is 4.07. The topological polar surface area (TPSA) is 41.9 Å². The van der Waals surface area contributed by atoms with E-state index in [4.69, 9.17) is 21.1 Å². The molecule has 0 amide bonds. The number of rotatable bonds is 1. The summed E-state index contributed by atoms with van der Waals surface area (Å²) in [5.74, 6) is 1.88. The lowest BCUT2D eigenvalue weighted by Crippen LogP contribution is -2.41. The van der Waals surface area contributed by atoms with Crippen molar-refractivity contribution in [1.29, 1.82) is 0 Å². The van der Waals surface area contributed by atoms with Crippen molar-refractivity contribution in [1.82, 2.24) is 0 Å². The Morgan fingerprint density at radius 1 is 1.29 bits per heavy atom. The van der Waals surface area contributed by atoms with Gasteiger partial charge in [0.25, 0.3) is 0 Å². The predicted octanol–water partition coefficient (Wildman–Crippen LogP) is 4.60. The number of alkyl halides is 1. The van der Waals surface area contributed by atoms with E-state index in [0.717, 1.165) is 40.1 Å². The number of phenolic OH excluding ortho intramolecular Hbond substituents is 1. The van der Waals surface area contributed by atoms with Gasteiger partial charge in [0.05, 0.1) is 0 Å². The molecular formula is C19H22ClNO3. The second kappa shape index (κ2) is 5.09. The smallest absolute Gasteiger partial charge is 0.231 e. The van der Waals surface area contributed by atoms with Gasteiger partial charge in [0, 0.05) is 45.9 Å². The Morgan fingerprint density at radius 3 is 2.71 bits per heavy atom. The van der Waals surface area contributed by atoms with Crippen molar-refractivity contribution in [2.45, 2.75) is 44.5 Å². The van der Waals surface area contributed by atoms with Crippen molar-refractivity contribution in [3.63, 3.8) is 0 Å². The number of hydrogen-bond acceptors (Lipinski definition) is 4. The fourth-order valence-electron chi connectivity index (χ4n) is 3.86. The molecule has 2 aliphatic heterocycles. The Kier molecular flexibility index (Phi) is 3.33. The number of halogens is 1. The average Bonchev–Trinajstić information content (AvgIpc) is 3.09. The van der Waals surface area contributed by atoms with Gasteiger partial charge in [-0.15, -0.1) is 11.6 Å². The second-order valence-corrected chi connectivity index (χ2v) is 8.30. The average molecular weight is 348 g/mol. The Morgan fingerprint density at radius 2 is 2.04 bits per heavy atom. The first-order valence-corrected chi connectivity index (χ1v) is 8.72.